The zero-order chi connectivity index (χ0) is 9.26. The molecule has 1 fully saturated rings. The normalized spacial score (nSPS) is 16.8. The van der Waals surface area contributed by atoms with E-state index in [0.29, 0.717) is 6.10 Å². The summed E-state index contributed by atoms with van der Waals surface area (Å²) in [7, 11) is 3.96. The van der Waals surface area contributed by atoms with Gasteiger partial charge < -0.3 is 15.0 Å². The minimum absolute atomic E-state index is 0.343. The van der Waals surface area contributed by atoms with Gasteiger partial charge in [0.2, 0.25) is 0 Å². The highest BCUT2D eigenvalue weighted by molar-refractivity contribution is 7.17. The molecule has 0 amide bonds. The Kier molecular flexibility index (Phi) is 2.37. The molecule has 72 valence electrons. The molecule has 1 saturated heterocycles. The molecule has 2 rings (SSSR count). The molecule has 1 aromatic heterocycles. The number of rotatable bonds is 3. The lowest BCUT2D eigenvalue weighted by atomic mass is 10.2. The van der Waals surface area contributed by atoms with Crippen LogP contribution in [0.5, 0.6) is 5.06 Å². The zero-order valence-electron chi connectivity index (χ0n) is 7.78. The van der Waals surface area contributed by atoms with Crippen molar-refractivity contribution in [2.45, 2.75) is 6.10 Å². The number of nitrogens with one attached hydrogen (secondary N) is 1. The molecule has 0 bridgehead atoms. The van der Waals surface area contributed by atoms with E-state index in [1.165, 1.54) is 0 Å². The highest BCUT2D eigenvalue weighted by Crippen LogP contribution is 2.28. The van der Waals surface area contributed by atoms with Crippen LogP contribution in [0.3, 0.4) is 0 Å². The molecule has 1 N–H and O–H groups in total. The molecule has 1 aliphatic heterocycles. The van der Waals surface area contributed by atoms with Gasteiger partial charge in [-0.2, -0.15) is 0 Å². The fourth-order valence-electron chi connectivity index (χ4n) is 1.02. The van der Waals surface area contributed by atoms with Crippen LogP contribution < -0.4 is 15.0 Å². The summed E-state index contributed by atoms with van der Waals surface area (Å²) in [4.78, 5) is 6.21. The molecule has 0 aromatic carbocycles. The van der Waals surface area contributed by atoms with Crippen molar-refractivity contribution >= 4 is 16.5 Å². The molecule has 0 spiro atoms. The van der Waals surface area contributed by atoms with Gasteiger partial charge in [-0.3, -0.25) is 0 Å². The minimum atomic E-state index is 0.343. The average molecular weight is 199 g/mol. The van der Waals surface area contributed by atoms with Gasteiger partial charge in [-0.25, -0.2) is 4.98 Å². The van der Waals surface area contributed by atoms with Crippen LogP contribution in [0.2, 0.25) is 0 Å². The van der Waals surface area contributed by atoms with Crippen LogP contribution in [-0.2, 0) is 0 Å². The Morgan fingerprint density at radius 2 is 2.38 bits per heavy atom. The topological polar surface area (TPSA) is 37.4 Å². The average Bonchev–Trinajstić information content (AvgIpc) is 2.44. The van der Waals surface area contributed by atoms with E-state index in [9.17, 15) is 0 Å². The van der Waals surface area contributed by atoms with E-state index in [1.54, 1.807) is 17.5 Å². The first-order valence-corrected chi connectivity index (χ1v) is 5.08. The Labute approximate surface area is 81.5 Å². The molecule has 1 aromatic rings. The van der Waals surface area contributed by atoms with Crippen LogP contribution in [0.25, 0.3) is 0 Å². The van der Waals surface area contributed by atoms with Crippen molar-refractivity contribution in [1.29, 1.82) is 0 Å². The van der Waals surface area contributed by atoms with Crippen molar-refractivity contribution < 1.29 is 4.74 Å². The Morgan fingerprint density at radius 3 is 2.85 bits per heavy atom. The van der Waals surface area contributed by atoms with E-state index in [1.807, 2.05) is 19.0 Å². The van der Waals surface area contributed by atoms with Crippen LogP contribution in [0, 0.1) is 0 Å². The third-order valence-electron chi connectivity index (χ3n) is 1.88. The lowest BCUT2D eigenvalue weighted by Crippen LogP contribution is -2.50. The van der Waals surface area contributed by atoms with Gasteiger partial charge in [-0.1, -0.05) is 11.3 Å². The number of anilines is 1. The second kappa shape index (κ2) is 3.51. The van der Waals surface area contributed by atoms with Gasteiger partial charge in [0.15, 0.2) is 10.2 Å². The van der Waals surface area contributed by atoms with Crippen LogP contribution in [0.4, 0.5) is 5.13 Å². The Bertz CT molecular complexity index is 283. The van der Waals surface area contributed by atoms with E-state index in [4.69, 9.17) is 4.74 Å². The number of hydrogen-bond acceptors (Lipinski definition) is 5. The summed E-state index contributed by atoms with van der Waals surface area (Å²) in [5.74, 6) is 0. The Balaban J connectivity index is 1.96. The number of aromatic nitrogens is 1. The Morgan fingerprint density at radius 1 is 1.62 bits per heavy atom. The molecule has 4 nitrogen and oxygen atoms in total. The minimum Gasteiger partial charge on any atom is -0.477 e. The molecule has 0 saturated carbocycles. The van der Waals surface area contributed by atoms with Crippen molar-refractivity contribution in [3.05, 3.63) is 6.20 Å². The lowest BCUT2D eigenvalue weighted by Gasteiger charge is -2.26. The molecule has 5 heteroatoms. The molecule has 13 heavy (non-hydrogen) atoms. The maximum atomic E-state index is 5.65. The van der Waals surface area contributed by atoms with Crippen LogP contribution in [-0.4, -0.2) is 38.3 Å². The summed E-state index contributed by atoms with van der Waals surface area (Å²) in [6.45, 7) is 1.91. The third-order valence-corrected chi connectivity index (χ3v) is 2.94. The number of hydrogen-bond donors (Lipinski definition) is 1. The smallest absolute Gasteiger partial charge is 0.196 e. The summed E-state index contributed by atoms with van der Waals surface area (Å²) < 4.78 is 5.65. The van der Waals surface area contributed by atoms with Gasteiger partial charge in [-0.15, -0.1) is 0 Å². The molecule has 0 aliphatic carbocycles. The SMILES string of the molecule is CN(C)c1ncc(OC2CNC2)s1. The monoisotopic (exact) mass is 199 g/mol. The van der Waals surface area contributed by atoms with Gasteiger partial charge in [0.25, 0.3) is 0 Å². The summed E-state index contributed by atoms with van der Waals surface area (Å²) in [5, 5.41) is 5.06. The Hall–Kier alpha value is -0.810. The summed E-state index contributed by atoms with van der Waals surface area (Å²) in [5.41, 5.74) is 0. The quantitative estimate of drug-likeness (QED) is 0.772. The molecule has 2 heterocycles. The van der Waals surface area contributed by atoms with Crippen LogP contribution in [0.1, 0.15) is 0 Å². The third kappa shape index (κ3) is 1.92. The van der Waals surface area contributed by atoms with Crippen LogP contribution >= 0.6 is 11.3 Å². The molecule has 0 radical (unpaired) electrons. The van der Waals surface area contributed by atoms with Crippen molar-refractivity contribution in [2.75, 3.05) is 32.1 Å². The number of nitrogens with zero attached hydrogens (tertiary/aromatic N) is 2. The predicted octanol–water partition coefficient (Wildman–Crippen LogP) is 0.560. The lowest BCUT2D eigenvalue weighted by molar-refractivity contribution is 0.147. The van der Waals surface area contributed by atoms with Crippen LogP contribution in [0.15, 0.2) is 6.20 Å². The first kappa shape index (κ1) is 8.77. The van der Waals surface area contributed by atoms with Crippen molar-refractivity contribution in [3.8, 4) is 5.06 Å². The highest BCUT2D eigenvalue weighted by atomic mass is 32.1. The fourth-order valence-corrected chi connectivity index (χ4v) is 1.78. The van der Waals surface area contributed by atoms with E-state index in [-0.39, 0.29) is 0 Å². The summed E-state index contributed by atoms with van der Waals surface area (Å²) in [6.07, 6.45) is 2.13. The fraction of sp³-hybridized carbons (Fsp3) is 0.625. The van der Waals surface area contributed by atoms with E-state index in [2.05, 4.69) is 10.3 Å². The van der Waals surface area contributed by atoms with E-state index < -0.39 is 0 Å². The molecular weight excluding hydrogens is 186 g/mol. The van der Waals surface area contributed by atoms with E-state index in [0.717, 1.165) is 23.3 Å². The van der Waals surface area contributed by atoms with Gasteiger partial charge in [0, 0.05) is 27.2 Å². The van der Waals surface area contributed by atoms with Gasteiger partial charge in [-0.05, 0) is 0 Å². The summed E-state index contributed by atoms with van der Waals surface area (Å²) >= 11 is 1.58. The molecule has 1 aliphatic rings. The second-order valence-electron chi connectivity index (χ2n) is 3.25. The maximum absolute atomic E-state index is 5.65. The highest BCUT2D eigenvalue weighted by Gasteiger charge is 2.19. The van der Waals surface area contributed by atoms with Crippen molar-refractivity contribution in [3.63, 3.8) is 0 Å². The molecule has 0 atom stereocenters. The predicted molar refractivity (Wildman–Crippen MR) is 53.7 cm³/mol. The molecular formula is C8H13N3OS. The second-order valence-corrected chi connectivity index (χ2v) is 4.23. The standard InChI is InChI=1S/C8H13N3OS/c1-11(2)8-10-5-7(13-8)12-6-3-9-4-6/h5-6,9H,3-4H2,1-2H3. The largest absolute Gasteiger partial charge is 0.477 e. The zero-order valence-corrected chi connectivity index (χ0v) is 8.60. The number of ether oxygens (including phenoxy) is 1. The first-order chi connectivity index (χ1) is 6.25. The van der Waals surface area contributed by atoms with Crippen molar-refractivity contribution in [2.24, 2.45) is 0 Å². The van der Waals surface area contributed by atoms with Gasteiger partial charge in [0.1, 0.15) is 6.10 Å². The molecule has 0 unspecified atom stereocenters. The van der Waals surface area contributed by atoms with Gasteiger partial charge >= 0.3 is 0 Å². The van der Waals surface area contributed by atoms with E-state index >= 15 is 0 Å². The first-order valence-electron chi connectivity index (χ1n) is 4.26. The summed E-state index contributed by atoms with van der Waals surface area (Å²) in [6, 6.07) is 0. The number of thiazole rings is 1. The maximum Gasteiger partial charge on any atom is 0.196 e. The van der Waals surface area contributed by atoms with Gasteiger partial charge in [0.05, 0.1) is 6.20 Å². The van der Waals surface area contributed by atoms with Crippen molar-refractivity contribution in [1.82, 2.24) is 10.3 Å².